The zero-order valence-electron chi connectivity index (χ0n) is 12.2. The van der Waals surface area contributed by atoms with Crippen LogP contribution in [0.2, 0.25) is 0 Å². The molecule has 1 amide bonds. The number of rotatable bonds is 3. The number of benzene rings is 1. The SMILES string of the molecule is CC(=O)c1ccc(N2CCN(C(=O)C(C)O)CC2)c(F)c1. The minimum absolute atomic E-state index is 0.173. The van der Waals surface area contributed by atoms with Gasteiger partial charge in [0.25, 0.3) is 5.91 Å². The van der Waals surface area contributed by atoms with Crippen LogP contribution in [-0.4, -0.2) is 54.0 Å². The molecular weight excluding hydrogens is 275 g/mol. The fraction of sp³-hybridized carbons (Fsp3) is 0.467. The first-order valence-electron chi connectivity index (χ1n) is 6.92. The van der Waals surface area contributed by atoms with Gasteiger partial charge >= 0.3 is 0 Å². The summed E-state index contributed by atoms with van der Waals surface area (Å²) in [7, 11) is 0. The van der Waals surface area contributed by atoms with Crippen LogP contribution in [0.1, 0.15) is 24.2 Å². The number of halogens is 1. The predicted octanol–water partition coefficient (Wildman–Crippen LogP) is 1.06. The smallest absolute Gasteiger partial charge is 0.251 e. The van der Waals surface area contributed by atoms with Crippen LogP contribution in [-0.2, 0) is 4.79 Å². The summed E-state index contributed by atoms with van der Waals surface area (Å²) in [6.07, 6.45) is -1.01. The number of amides is 1. The molecule has 0 spiro atoms. The van der Waals surface area contributed by atoms with E-state index in [1.807, 2.05) is 4.90 Å². The molecule has 1 aromatic carbocycles. The molecule has 1 unspecified atom stereocenters. The van der Waals surface area contributed by atoms with Gasteiger partial charge in [-0.25, -0.2) is 4.39 Å². The second-order valence-corrected chi connectivity index (χ2v) is 5.21. The molecule has 5 nitrogen and oxygen atoms in total. The number of anilines is 1. The van der Waals surface area contributed by atoms with E-state index in [1.54, 1.807) is 17.0 Å². The van der Waals surface area contributed by atoms with Crippen LogP contribution in [0, 0.1) is 5.82 Å². The Balaban J connectivity index is 2.06. The quantitative estimate of drug-likeness (QED) is 0.847. The van der Waals surface area contributed by atoms with E-state index in [0.29, 0.717) is 37.4 Å². The lowest BCUT2D eigenvalue weighted by Crippen LogP contribution is -2.51. The summed E-state index contributed by atoms with van der Waals surface area (Å²) in [5, 5.41) is 9.29. The highest BCUT2D eigenvalue weighted by atomic mass is 19.1. The molecule has 1 N–H and O–H groups in total. The van der Waals surface area contributed by atoms with Gasteiger partial charge in [0.2, 0.25) is 0 Å². The average Bonchev–Trinajstić information content (AvgIpc) is 2.46. The van der Waals surface area contributed by atoms with Crippen molar-refractivity contribution in [2.45, 2.75) is 20.0 Å². The third-order valence-corrected chi connectivity index (χ3v) is 3.64. The van der Waals surface area contributed by atoms with E-state index in [4.69, 9.17) is 0 Å². The number of piperazine rings is 1. The summed E-state index contributed by atoms with van der Waals surface area (Å²) < 4.78 is 14.1. The van der Waals surface area contributed by atoms with Gasteiger partial charge in [-0.1, -0.05) is 0 Å². The third kappa shape index (κ3) is 3.39. The minimum Gasteiger partial charge on any atom is -0.384 e. The molecule has 114 valence electrons. The molecular formula is C15H19FN2O3. The van der Waals surface area contributed by atoms with Gasteiger partial charge in [0.15, 0.2) is 5.78 Å². The molecule has 1 fully saturated rings. The fourth-order valence-electron chi connectivity index (χ4n) is 2.41. The molecule has 6 heteroatoms. The second kappa shape index (κ2) is 6.22. The molecule has 21 heavy (non-hydrogen) atoms. The van der Waals surface area contributed by atoms with E-state index >= 15 is 0 Å². The van der Waals surface area contributed by atoms with Crippen molar-refractivity contribution in [1.82, 2.24) is 4.90 Å². The van der Waals surface area contributed by atoms with Crippen molar-refractivity contribution in [1.29, 1.82) is 0 Å². The summed E-state index contributed by atoms with van der Waals surface area (Å²) >= 11 is 0. The molecule has 1 atom stereocenters. The zero-order chi connectivity index (χ0) is 15.6. The first kappa shape index (κ1) is 15.4. The number of aliphatic hydroxyl groups is 1. The van der Waals surface area contributed by atoms with Gasteiger partial charge in [-0.2, -0.15) is 0 Å². The maximum Gasteiger partial charge on any atom is 0.251 e. The topological polar surface area (TPSA) is 60.9 Å². The second-order valence-electron chi connectivity index (χ2n) is 5.21. The van der Waals surface area contributed by atoms with Gasteiger partial charge in [0.1, 0.15) is 11.9 Å². The Bertz CT molecular complexity index is 552. The summed E-state index contributed by atoms with van der Waals surface area (Å²) in [5.41, 5.74) is 0.781. The molecule has 0 aliphatic carbocycles. The van der Waals surface area contributed by atoms with Crippen molar-refractivity contribution in [2.24, 2.45) is 0 Å². The maximum absolute atomic E-state index is 14.1. The van der Waals surface area contributed by atoms with Crippen LogP contribution < -0.4 is 4.90 Å². The zero-order valence-corrected chi connectivity index (χ0v) is 12.2. The van der Waals surface area contributed by atoms with Gasteiger partial charge < -0.3 is 14.9 Å². The normalized spacial score (nSPS) is 16.8. The number of aliphatic hydroxyl groups excluding tert-OH is 1. The van der Waals surface area contributed by atoms with Crippen LogP contribution in [0.5, 0.6) is 0 Å². The monoisotopic (exact) mass is 294 g/mol. The molecule has 1 aliphatic rings. The maximum atomic E-state index is 14.1. The molecule has 1 aromatic rings. The first-order chi connectivity index (χ1) is 9.90. The molecule has 1 aliphatic heterocycles. The highest BCUT2D eigenvalue weighted by Gasteiger charge is 2.25. The lowest BCUT2D eigenvalue weighted by Gasteiger charge is -2.36. The Morgan fingerprint density at radius 3 is 2.33 bits per heavy atom. The van der Waals surface area contributed by atoms with Crippen LogP contribution in [0.25, 0.3) is 0 Å². The summed E-state index contributed by atoms with van der Waals surface area (Å²) in [4.78, 5) is 26.3. The molecule has 1 heterocycles. The van der Waals surface area contributed by atoms with E-state index in [9.17, 15) is 19.1 Å². The molecule has 0 radical (unpaired) electrons. The molecule has 0 saturated carbocycles. The van der Waals surface area contributed by atoms with Gasteiger partial charge in [-0.15, -0.1) is 0 Å². The molecule has 2 rings (SSSR count). The largest absolute Gasteiger partial charge is 0.384 e. The number of carbonyl (C=O) groups excluding carboxylic acids is 2. The third-order valence-electron chi connectivity index (χ3n) is 3.64. The number of hydrogen-bond donors (Lipinski definition) is 1. The standard InChI is InChI=1S/C15H19FN2O3/c1-10(19)12-3-4-14(13(16)9-12)17-5-7-18(8-6-17)15(21)11(2)20/h3-4,9,11,20H,5-8H2,1-2H3. The van der Waals surface area contributed by atoms with Gasteiger partial charge in [0, 0.05) is 31.7 Å². The predicted molar refractivity (Wildman–Crippen MR) is 76.9 cm³/mol. The molecule has 0 bridgehead atoms. The van der Waals surface area contributed by atoms with E-state index in [1.165, 1.54) is 19.9 Å². The van der Waals surface area contributed by atoms with E-state index < -0.39 is 11.9 Å². The van der Waals surface area contributed by atoms with Crippen LogP contribution in [0.15, 0.2) is 18.2 Å². The van der Waals surface area contributed by atoms with Crippen molar-refractivity contribution >= 4 is 17.4 Å². The van der Waals surface area contributed by atoms with E-state index in [0.717, 1.165) is 0 Å². The number of ketones is 1. The van der Waals surface area contributed by atoms with Crippen LogP contribution >= 0.6 is 0 Å². The van der Waals surface area contributed by atoms with Crippen molar-refractivity contribution in [3.05, 3.63) is 29.6 Å². The Morgan fingerprint density at radius 2 is 1.86 bits per heavy atom. The van der Waals surface area contributed by atoms with Crippen molar-refractivity contribution in [3.8, 4) is 0 Å². The van der Waals surface area contributed by atoms with E-state index in [2.05, 4.69) is 0 Å². The highest BCUT2D eigenvalue weighted by Crippen LogP contribution is 2.22. The highest BCUT2D eigenvalue weighted by molar-refractivity contribution is 5.94. The Hall–Kier alpha value is -1.95. The number of Topliss-reactive ketones (excluding diaryl/α,β-unsaturated/α-hetero) is 1. The number of carbonyl (C=O) groups is 2. The van der Waals surface area contributed by atoms with Crippen molar-refractivity contribution in [2.75, 3.05) is 31.1 Å². The summed E-state index contributed by atoms with van der Waals surface area (Å²) in [5.74, 6) is -0.909. The fourth-order valence-corrected chi connectivity index (χ4v) is 2.41. The minimum atomic E-state index is -1.01. The Morgan fingerprint density at radius 1 is 1.24 bits per heavy atom. The molecule has 0 aromatic heterocycles. The van der Waals surface area contributed by atoms with E-state index in [-0.39, 0.29) is 11.7 Å². The first-order valence-corrected chi connectivity index (χ1v) is 6.92. The Kier molecular flexibility index (Phi) is 4.57. The van der Waals surface area contributed by atoms with Crippen LogP contribution in [0.3, 0.4) is 0 Å². The van der Waals surface area contributed by atoms with Crippen LogP contribution in [0.4, 0.5) is 10.1 Å². The van der Waals surface area contributed by atoms with Gasteiger partial charge in [-0.05, 0) is 32.0 Å². The van der Waals surface area contributed by atoms with Crippen molar-refractivity contribution in [3.63, 3.8) is 0 Å². The van der Waals surface area contributed by atoms with Gasteiger partial charge in [0.05, 0.1) is 5.69 Å². The summed E-state index contributed by atoms with van der Waals surface area (Å²) in [6, 6.07) is 4.44. The van der Waals surface area contributed by atoms with Crippen molar-refractivity contribution < 1.29 is 19.1 Å². The lowest BCUT2D eigenvalue weighted by molar-refractivity contribution is -0.139. The van der Waals surface area contributed by atoms with Gasteiger partial charge in [-0.3, -0.25) is 9.59 Å². The lowest BCUT2D eigenvalue weighted by atomic mass is 10.1. The Labute approximate surface area is 123 Å². The number of hydrogen-bond acceptors (Lipinski definition) is 4. The number of nitrogens with zero attached hydrogens (tertiary/aromatic N) is 2. The summed E-state index contributed by atoms with van der Waals surface area (Å²) in [6.45, 7) is 4.71. The average molecular weight is 294 g/mol. The molecule has 1 saturated heterocycles.